The zero-order chi connectivity index (χ0) is 16.2. The van der Waals surface area contributed by atoms with Gasteiger partial charge in [0.15, 0.2) is 0 Å². The van der Waals surface area contributed by atoms with Gasteiger partial charge < -0.3 is 5.73 Å². The number of nitrogens with one attached hydrogen (secondary N) is 1. The Balaban J connectivity index is 1.97. The maximum absolute atomic E-state index is 12.4. The molecule has 1 amide bonds. The van der Waals surface area contributed by atoms with Gasteiger partial charge in [-0.2, -0.15) is 18.3 Å². The molecule has 0 atom stereocenters. The summed E-state index contributed by atoms with van der Waals surface area (Å²) >= 11 is 0. The first-order chi connectivity index (χ1) is 10.4. The van der Waals surface area contributed by atoms with Crippen LogP contribution in [0.15, 0.2) is 53.6 Å². The maximum Gasteiger partial charge on any atom is 0.416 e. The lowest BCUT2D eigenvalue weighted by molar-refractivity contribution is -0.137. The number of amides is 1. The summed E-state index contributed by atoms with van der Waals surface area (Å²) in [5.74, 6) is -0.442. The number of anilines is 1. The molecule has 114 valence electrons. The standard InChI is InChI=1S/C15H12F3N3O/c16-15(17,18)12-5-1-10(2-6-12)9-20-21-14(22)11-3-7-13(19)8-4-11/h1-9H,19H2,(H,21,22)/b20-9+. The fourth-order valence-electron chi connectivity index (χ4n) is 1.62. The van der Waals surface area contributed by atoms with Crippen LogP contribution in [0.25, 0.3) is 0 Å². The molecule has 2 aromatic rings. The Morgan fingerprint density at radius 3 is 2.18 bits per heavy atom. The molecule has 7 heteroatoms. The Morgan fingerprint density at radius 1 is 1.05 bits per heavy atom. The van der Waals surface area contributed by atoms with E-state index in [9.17, 15) is 18.0 Å². The lowest BCUT2D eigenvalue weighted by Gasteiger charge is -2.05. The van der Waals surface area contributed by atoms with Gasteiger partial charge in [0.2, 0.25) is 0 Å². The monoisotopic (exact) mass is 307 g/mol. The molecule has 0 aliphatic rings. The molecule has 0 heterocycles. The molecule has 0 unspecified atom stereocenters. The summed E-state index contributed by atoms with van der Waals surface area (Å²) in [6.45, 7) is 0. The highest BCUT2D eigenvalue weighted by atomic mass is 19.4. The highest BCUT2D eigenvalue weighted by Crippen LogP contribution is 2.28. The number of nitrogens with zero attached hydrogens (tertiary/aromatic N) is 1. The van der Waals surface area contributed by atoms with Crippen LogP contribution >= 0.6 is 0 Å². The molecule has 0 aliphatic carbocycles. The van der Waals surface area contributed by atoms with Crippen molar-refractivity contribution in [3.63, 3.8) is 0 Å². The van der Waals surface area contributed by atoms with E-state index in [-0.39, 0.29) is 0 Å². The minimum absolute atomic E-state index is 0.374. The summed E-state index contributed by atoms with van der Waals surface area (Å²) in [5, 5.41) is 3.70. The maximum atomic E-state index is 12.4. The van der Waals surface area contributed by atoms with Crippen LogP contribution in [0.1, 0.15) is 21.5 Å². The zero-order valence-corrected chi connectivity index (χ0v) is 11.3. The lowest BCUT2D eigenvalue weighted by Crippen LogP contribution is -2.17. The summed E-state index contributed by atoms with van der Waals surface area (Å²) < 4.78 is 37.2. The molecule has 3 N–H and O–H groups in total. The van der Waals surface area contributed by atoms with E-state index in [0.717, 1.165) is 12.1 Å². The molecule has 0 radical (unpaired) electrons. The van der Waals surface area contributed by atoms with Gasteiger partial charge in [0.1, 0.15) is 0 Å². The number of alkyl halides is 3. The van der Waals surface area contributed by atoms with Gasteiger partial charge in [0, 0.05) is 11.3 Å². The van der Waals surface area contributed by atoms with E-state index in [4.69, 9.17) is 5.73 Å². The molecule has 0 bridgehead atoms. The molecular formula is C15H12F3N3O. The topological polar surface area (TPSA) is 67.5 Å². The molecular weight excluding hydrogens is 295 g/mol. The molecule has 4 nitrogen and oxygen atoms in total. The van der Waals surface area contributed by atoms with Crippen LogP contribution in [-0.2, 0) is 6.18 Å². The molecule has 0 saturated heterocycles. The smallest absolute Gasteiger partial charge is 0.399 e. The Labute approximate surface area is 124 Å². The van der Waals surface area contributed by atoms with Crippen LogP contribution in [-0.4, -0.2) is 12.1 Å². The van der Waals surface area contributed by atoms with Crippen molar-refractivity contribution >= 4 is 17.8 Å². The first kappa shape index (κ1) is 15.6. The predicted molar refractivity (Wildman–Crippen MR) is 77.4 cm³/mol. The lowest BCUT2D eigenvalue weighted by atomic mass is 10.1. The van der Waals surface area contributed by atoms with Crippen molar-refractivity contribution in [2.75, 3.05) is 5.73 Å². The SMILES string of the molecule is Nc1ccc(C(=O)N/N=C/c2ccc(C(F)(F)F)cc2)cc1. The second kappa shape index (κ2) is 6.30. The summed E-state index contributed by atoms with van der Waals surface area (Å²) in [7, 11) is 0. The van der Waals surface area contributed by atoms with E-state index in [1.54, 1.807) is 12.1 Å². The molecule has 0 aromatic heterocycles. The minimum atomic E-state index is -4.38. The van der Waals surface area contributed by atoms with Crippen LogP contribution in [0.5, 0.6) is 0 Å². The van der Waals surface area contributed by atoms with E-state index in [1.807, 2.05) is 0 Å². The number of benzene rings is 2. The van der Waals surface area contributed by atoms with E-state index in [1.165, 1.54) is 30.5 Å². The van der Waals surface area contributed by atoms with Crippen molar-refractivity contribution in [2.45, 2.75) is 6.18 Å². The molecule has 0 aliphatic heterocycles. The molecule has 0 saturated carbocycles. The number of carbonyl (C=O) groups excluding carboxylic acids is 1. The molecule has 2 rings (SSSR count). The zero-order valence-electron chi connectivity index (χ0n) is 11.3. The van der Waals surface area contributed by atoms with Crippen molar-refractivity contribution in [2.24, 2.45) is 5.10 Å². The van der Waals surface area contributed by atoms with Gasteiger partial charge in [-0.1, -0.05) is 12.1 Å². The van der Waals surface area contributed by atoms with Gasteiger partial charge in [-0.15, -0.1) is 0 Å². The van der Waals surface area contributed by atoms with Crippen LogP contribution in [0.3, 0.4) is 0 Å². The van der Waals surface area contributed by atoms with Crippen molar-refractivity contribution in [3.8, 4) is 0 Å². The largest absolute Gasteiger partial charge is 0.416 e. The summed E-state index contributed by atoms with van der Waals surface area (Å²) in [5.41, 5.74) is 8.39. The van der Waals surface area contributed by atoms with Crippen molar-refractivity contribution in [1.29, 1.82) is 0 Å². The Morgan fingerprint density at radius 2 is 1.64 bits per heavy atom. The minimum Gasteiger partial charge on any atom is -0.399 e. The molecule has 2 aromatic carbocycles. The number of nitrogen functional groups attached to an aromatic ring is 1. The van der Waals surface area contributed by atoms with Crippen LogP contribution in [0.2, 0.25) is 0 Å². The third-order valence-electron chi connectivity index (χ3n) is 2.79. The average molecular weight is 307 g/mol. The number of hydrogen-bond donors (Lipinski definition) is 2. The number of halogens is 3. The highest BCUT2D eigenvalue weighted by Gasteiger charge is 2.29. The number of hydrogen-bond acceptors (Lipinski definition) is 3. The molecule has 22 heavy (non-hydrogen) atoms. The van der Waals surface area contributed by atoms with Gasteiger partial charge in [-0.25, -0.2) is 5.43 Å². The second-order valence-corrected chi connectivity index (χ2v) is 4.44. The van der Waals surface area contributed by atoms with Gasteiger partial charge in [-0.3, -0.25) is 4.79 Å². The number of hydrazone groups is 1. The fraction of sp³-hybridized carbons (Fsp3) is 0.0667. The number of nitrogens with two attached hydrogens (primary N) is 1. The third-order valence-corrected chi connectivity index (χ3v) is 2.79. The number of rotatable bonds is 3. The summed E-state index contributed by atoms with van der Waals surface area (Å²) in [4.78, 5) is 11.7. The quantitative estimate of drug-likeness (QED) is 0.520. The Hall–Kier alpha value is -2.83. The summed E-state index contributed by atoms with van der Waals surface area (Å²) in [6.07, 6.45) is -3.12. The average Bonchev–Trinajstić information content (AvgIpc) is 2.47. The fourth-order valence-corrected chi connectivity index (χ4v) is 1.62. The first-order valence-corrected chi connectivity index (χ1v) is 6.22. The van der Waals surface area contributed by atoms with E-state index < -0.39 is 17.6 Å². The van der Waals surface area contributed by atoms with Gasteiger partial charge in [0.05, 0.1) is 11.8 Å². The molecule has 0 fully saturated rings. The highest BCUT2D eigenvalue weighted by molar-refractivity contribution is 5.95. The van der Waals surface area contributed by atoms with Crippen LogP contribution in [0, 0.1) is 0 Å². The van der Waals surface area contributed by atoms with E-state index in [2.05, 4.69) is 10.5 Å². The van der Waals surface area contributed by atoms with E-state index >= 15 is 0 Å². The Kier molecular flexibility index (Phi) is 4.45. The van der Waals surface area contributed by atoms with Gasteiger partial charge in [0.25, 0.3) is 5.91 Å². The van der Waals surface area contributed by atoms with Crippen molar-refractivity contribution < 1.29 is 18.0 Å². The van der Waals surface area contributed by atoms with E-state index in [0.29, 0.717) is 16.8 Å². The second-order valence-electron chi connectivity index (χ2n) is 4.44. The first-order valence-electron chi connectivity index (χ1n) is 6.22. The Bertz CT molecular complexity index is 677. The number of carbonyl (C=O) groups is 1. The van der Waals surface area contributed by atoms with Crippen molar-refractivity contribution in [3.05, 3.63) is 65.2 Å². The normalized spacial score (nSPS) is 11.6. The van der Waals surface area contributed by atoms with Crippen molar-refractivity contribution in [1.82, 2.24) is 5.43 Å². The predicted octanol–water partition coefficient (Wildman–Crippen LogP) is 3.05. The van der Waals surface area contributed by atoms with Gasteiger partial charge >= 0.3 is 6.18 Å². The van der Waals surface area contributed by atoms with Crippen LogP contribution < -0.4 is 11.2 Å². The van der Waals surface area contributed by atoms with Crippen LogP contribution in [0.4, 0.5) is 18.9 Å². The third kappa shape index (κ3) is 4.08. The summed E-state index contributed by atoms with van der Waals surface area (Å²) in [6, 6.07) is 10.7. The van der Waals surface area contributed by atoms with Gasteiger partial charge in [-0.05, 0) is 42.0 Å². The molecule has 0 spiro atoms.